The van der Waals surface area contributed by atoms with Crippen molar-refractivity contribution in [1.29, 1.82) is 0 Å². The lowest BCUT2D eigenvalue weighted by Crippen LogP contribution is -2.28. The molecule has 1 rings (SSSR count). The zero-order valence-corrected chi connectivity index (χ0v) is 8.01. The zero-order valence-electron chi connectivity index (χ0n) is 8.01. The van der Waals surface area contributed by atoms with Crippen molar-refractivity contribution in [2.75, 3.05) is 19.6 Å². The van der Waals surface area contributed by atoms with Gasteiger partial charge in [-0.05, 0) is 26.8 Å². The van der Waals surface area contributed by atoms with Crippen LogP contribution in [0.2, 0.25) is 0 Å². The maximum Gasteiger partial charge on any atom is 0.0551 e. The molecule has 1 unspecified atom stereocenters. The first-order valence-electron chi connectivity index (χ1n) is 4.66. The molecule has 0 radical (unpaired) electrons. The molecular weight excluding hydrogens is 148 g/mol. The van der Waals surface area contributed by atoms with Crippen molar-refractivity contribution in [3.8, 4) is 11.8 Å². The van der Waals surface area contributed by atoms with Crippen LogP contribution in [0.25, 0.3) is 0 Å². The van der Waals surface area contributed by atoms with Crippen molar-refractivity contribution in [2.24, 2.45) is 11.7 Å². The maximum atomic E-state index is 5.31. The zero-order chi connectivity index (χ0) is 8.97. The average molecular weight is 166 g/mol. The Morgan fingerprint density at radius 2 is 2.33 bits per heavy atom. The standard InChI is InChI=1S/C10H18N2/c1-9(2)12-7-5-10(8-12)4-3-6-11/h9-10H,5-8,11H2,1-2H3. The van der Waals surface area contributed by atoms with E-state index in [2.05, 4.69) is 30.6 Å². The SMILES string of the molecule is CC(C)N1CCC(C#CCN)C1. The van der Waals surface area contributed by atoms with Crippen LogP contribution in [0.3, 0.4) is 0 Å². The summed E-state index contributed by atoms with van der Waals surface area (Å²) < 4.78 is 0. The minimum Gasteiger partial charge on any atom is -0.320 e. The number of likely N-dealkylation sites (tertiary alicyclic amines) is 1. The molecule has 2 heteroatoms. The fourth-order valence-electron chi connectivity index (χ4n) is 1.58. The van der Waals surface area contributed by atoms with E-state index in [1.807, 2.05) is 0 Å². The molecule has 0 aliphatic carbocycles. The topological polar surface area (TPSA) is 29.3 Å². The molecule has 12 heavy (non-hydrogen) atoms. The first-order valence-corrected chi connectivity index (χ1v) is 4.66. The molecule has 2 nitrogen and oxygen atoms in total. The molecule has 1 heterocycles. The lowest BCUT2D eigenvalue weighted by atomic mass is 10.1. The van der Waals surface area contributed by atoms with Crippen LogP contribution < -0.4 is 5.73 Å². The maximum absolute atomic E-state index is 5.31. The molecule has 0 spiro atoms. The quantitative estimate of drug-likeness (QED) is 0.580. The molecule has 1 aliphatic heterocycles. The second kappa shape index (κ2) is 4.49. The molecule has 1 saturated heterocycles. The van der Waals surface area contributed by atoms with Crippen LogP contribution in [0.15, 0.2) is 0 Å². The van der Waals surface area contributed by atoms with E-state index in [1.165, 1.54) is 13.0 Å². The number of nitrogens with zero attached hydrogens (tertiary/aromatic N) is 1. The summed E-state index contributed by atoms with van der Waals surface area (Å²) in [6.45, 7) is 7.29. The predicted octanol–water partition coefficient (Wildman–Crippen LogP) is 0.679. The number of rotatable bonds is 1. The van der Waals surface area contributed by atoms with E-state index in [-0.39, 0.29) is 0 Å². The van der Waals surface area contributed by atoms with Gasteiger partial charge in [0.25, 0.3) is 0 Å². The molecule has 0 aromatic heterocycles. The highest BCUT2D eigenvalue weighted by atomic mass is 15.2. The largest absolute Gasteiger partial charge is 0.320 e. The van der Waals surface area contributed by atoms with Crippen LogP contribution in [-0.2, 0) is 0 Å². The Morgan fingerprint density at radius 3 is 2.83 bits per heavy atom. The van der Waals surface area contributed by atoms with Crippen LogP contribution >= 0.6 is 0 Å². The smallest absolute Gasteiger partial charge is 0.0551 e. The van der Waals surface area contributed by atoms with Crippen molar-refractivity contribution in [2.45, 2.75) is 26.3 Å². The third kappa shape index (κ3) is 2.51. The van der Waals surface area contributed by atoms with Crippen LogP contribution in [-0.4, -0.2) is 30.6 Å². The Kier molecular flexibility index (Phi) is 3.58. The molecule has 2 N–H and O–H groups in total. The van der Waals surface area contributed by atoms with Gasteiger partial charge in [-0.15, -0.1) is 0 Å². The summed E-state index contributed by atoms with van der Waals surface area (Å²) in [5.41, 5.74) is 5.31. The monoisotopic (exact) mass is 166 g/mol. The second-order valence-electron chi connectivity index (χ2n) is 3.60. The molecule has 0 bridgehead atoms. The van der Waals surface area contributed by atoms with Gasteiger partial charge in [-0.3, -0.25) is 4.90 Å². The van der Waals surface area contributed by atoms with Gasteiger partial charge in [0.2, 0.25) is 0 Å². The highest BCUT2D eigenvalue weighted by Gasteiger charge is 2.22. The van der Waals surface area contributed by atoms with Gasteiger partial charge >= 0.3 is 0 Å². The normalized spacial score (nSPS) is 24.2. The Labute approximate surface area is 75.1 Å². The number of hydrogen-bond donors (Lipinski definition) is 1. The Bertz CT molecular complexity index is 188. The highest BCUT2D eigenvalue weighted by molar-refractivity contribution is 5.07. The lowest BCUT2D eigenvalue weighted by molar-refractivity contribution is 0.271. The summed E-state index contributed by atoms with van der Waals surface area (Å²) in [5.74, 6) is 6.72. The minimum absolute atomic E-state index is 0.498. The van der Waals surface area contributed by atoms with Crippen molar-refractivity contribution in [3.63, 3.8) is 0 Å². The van der Waals surface area contributed by atoms with Gasteiger partial charge in [0, 0.05) is 18.5 Å². The Morgan fingerprint density at radius 1 is 1.58 bits per heavy atom. The third-order valence-corrected chi connectivity index (χ3v) is 2.36. The van der Waals surface area contributed by atoms with Crippen molar-refractivity contribution >= 4 is 0 Å². The van der Waals surface area contributed by atoms with Gasteiger partial charge in [0.1, 0.15) is 0 Å². The predicted molar refractivity (Wildman–Crippen MR) is 51.6 cm³/mol. The summed E-state index contributed by atoms with van der Waals surface area (Å²) in [4.78, 5) is 2.47. The molecule has 1 fully saturated rings. The molecule has 0 saturated carbocycles. The van der Waals surface area contributed by atoms with Crippen LogP contribution in [0.5, 0.6) is 0 Å². The molecule has 1 atom stereocenters. The van der Waals surface area contributed by atoms with E-state index in [0.717, 1.165) is 6.54 Å². The van der Waals surface area contributed by atoms with Gasteiger partial charge < -0.3 is 5.73 Å². The molecule has 1 aliphatic rings. The molecule has 0 amide bonds. The summed E-state index contributed by atoms with van der Waals surface area (Å²) in [6, 6.07) is 0.662. The summed E-state index contributed by atoms with van der Waals surface area (Å²) in [5, 5.41) is 0. The minimum atomic E-state index is 0.498. The van der Waals surface area contributed by atoms with E-state index < -0.39 is 0 Å². The lowest BCUT2D eigenvalue weighted by Gasteiger charge is -2.19. The fraction of sp³-hybridized carbons (Fsp3) is 0.800. The number of hydrogen-bond acceptors (Lipinski definition) is 2. The molecular formula is C10H18N2. The van der Waals surface area contributed by atoms with E-state index >= 15 is 0 Å². The first-order chi connectivity index (χ1) is 5.74. The van der Waals surface area contributed by atoms with Crippen molar-refractivity contribution in [3.05, 3.63) is 0 Å². The average Bonchev–Trinajstić information content (AvgIpc) is 2.48. The van der Waals surface area contributed by atoms with Gasteiger partial charge in [-0.25, -0.2) is 0 Å². The number of nitrogens with two attached hydrogens (primary N) is 1. The van der Waals surface area contributed by atoms with E-state index in [1.54, 1.807) is 0 Å². The van der Waals surface area contributed by atoms with Crippen LogP contribution in [0.1, 0.15) is 20.3 Å². The van der Waals surface area contributed by atoms with Crippen molar-refractivity contribution < 1.29 is 0 Å². The molecule has 68 valence electrons. The fourth-order valence-corrected chi connectivity index (χ4v) is 1.58. The van der Waals surface area contributed by atoms with Gasteiger partial charge in [0.15, 0.2) is 0 Å². The Hall–Kier alpha value is -0.520. The first kappa shape index (κ1) is 9.57. The van der Waals surface area contributed by atoms with Crippen LogP contribution in [0, 0.1) is 17.8 Å². The molecule has 0 aromatic rings. The highest BCUT2D eigenvalue weighted by Crippen LogP contribution is 2.17. The van der Waals surface area contributed by atoms with E-state index in [0.29, 0.717) is 18.5 Å². The van der Waals surface area contributed by atoms with Gasteiger partial charge in [-0.2, -0.15) is 0 Å². The van der Waals surface area contributed by atoms with Gasteiger partial charge in [-0.1, -0.05) is 11.8 Å². The summed E-state index contributed by atoms with van der Waals surface area (Å²) >= 11 is 0. The van der Waals surface area contributed by atoms with E-state index in [9.17, 15) is 0 Å². The van der Waals surface area contributed by atoms with Crippen LogP contribution in [0.4, 0.5) is 0 Å². The Balaban J connectivity index is 2.35. The summed E-state index contributed by atoms with van der Waals surface area (Å²) in [6.07, 6.45) is 1.21. The van der Waals surface area contributed by atoms with Gasteiger partial charge in [0.05, 0.1) is 6.54 Å². The third-order valence-electron chi connectivity index (χ3n) is 2.36. The van der Waals surface area contributed by atoms with Crippen molar-refractivity contribution in [1.82, 2.24) is 4.90 Å². The molecule has 0 aromatic carbocycles. The summed E-state index contributed by atoms with van der Waals surface area (Å²) in [7, 11) is 0. The second-order valence-corrected chi connectivity index (χ2v) is 3.60. The van der Waals surface area contributed by atoms with E-state index in [4.69, 9.17) is 5.73 Å².